The number of hydrogen-bond donors (Lipinski definition) is 3. The maximum absolute atomic E-state index is 13.6. The summed E-state index contributed by atoms with van der Waals surface area (Å²) in [6.45, 7) is 9.94. The smallest absolute Gasteiger partial charge is 0.324 e. The van der Waals surface area contributed by atoms with Gasteiger partial charge in [0.05, 0.1) is 11.4 Å². The highest BCUT2D eigenvalue weighted by Crippen LogP contribution is 2.36. The Bertz CT molecular complexity index is 1420. The van der Waals surface area contributed by atoms with E-state index in [1.54, 1.807) is 10.7 Å². The van der Waals surface area contributed by atoms with Crippen LogP contribution in [0.1, 0.15) is 69.2 Å². The fraction of sp³-hybridized carbons (Fsp3) is 0.438. The van der Waals surface area contributed by atoms with Gasteiger partial charge in [-0.25, -0.2) is 9.48 Å². The molecule has 0 aliphatic carbocycles. The molecule has 41 heavy (non-hydrogen) atoms. The predicted octanol–water partition coefficient (Wildman–Crippen LogP) is 5.48. The predicted molar refractivity (Wildman–Crippen MR) is 159 cm³/mol. The average molecular weight is 558 g/mol. The Kier molecular flexibility index (Phi) is 8.26. The molecule has 1 aromatic heterocycles. The number of carbonyl (C=O) groups is 3. The SMILES string of the molecule is Cc1ccc(-n2nc(C(C)(C)C)cc2NC(=O)Nc2cccc(C(C(=O)[C@@H]3CCC(=O)O3)C3CCNCC3)c2)cc1. The summed E-state index contributed by atoms with van der Waals surface area (Å²) < 4.78 is 7.11. The normalized spacial score (nSPS) is 18.5. The number of benzene rings is 2. The zero-order valence-electron chi connectivity index (χ0n) is 24.2. The molecule has 2 fully saturated rings. The van der Waals surface area contributed by atoms with Crippen LogP contribution < -0.4 is 16.0 Å². The molecule has 2 aromatic carbocycles. The molecule has 2 saturated heterocycles. The van der Waals surface area contributed by atoms with Gasteiger partial charge in [-0.3, -0.25) is 14.9 Å². The van der Waals surface area contributed by atoms with E-state index in [0.717, 1.165) is 48.4 Å². The second-order valence-corrected chi connectivity index (χ2v) is 12.1. The molecule has 5 rings (SSSR count). The van der Waals surface area contributed by atoms with Gasteiger partial charge in [0, 0.05) is 35.9 Å². The standard InChI is InChI=1S/C32H39N5O4/c1-20-8-10-24(11-9-20)37-27(19-26(36-37)32(2,3)4)35-31(40)34-23-7-5-6-22(18-23)29(21-14-16-33-17-15-21)30(39)25-12-13-28(38)41-25/h5-11,18-19,21,25,29,33H,12-17H2,1-4H3,(H2,34,35,40)/t25-,29?/m0/s1. The van der Waals surface area contributed by atoms with Crippen LogP contribution in [0.25, 0.3) is 5.69 Å². The molecule has 0 radical (unpaired) electrons. The van der Waals surface area contributed by atoms with Gasteiger partial charge in [0.1, 0.15) is 5.82 Å². The van der Waals surface area contributed by atoms with Gasteiger partial charge in [0.15, 0.2) is 11.9 Å². The van der Waals surface area contributed by atoms with Crippen LogP contribution in [-0.2, 0) is 19.7 Å². The van der Waals surface area contributed by atoms with Gasteiger partial charge in [-0.1, -0.05) is 50.6 Å². The number of urea groups is 1. The third kappa shape index (κ3) is 6.68. The molecule has 1 unspecified atom stereocenters. The number of aromatic nitrogens is 2. The van der Waals surface area contributed by atoms with Gasteiger partial charge >= 0.3 is 12.0 Å². The van der Waals surface area contributed by atoms with E-state index in [1.807, 2.05) is 55.5 Å². The molecule has 9 nitrogen and oxygen atoms in total. The third-order valence-electron chi connectivity index (χ3n) is 7.86. The van der Waals surface area contributed by atoms with Crippen molar-refractivity contribution in [2.24, 2.45) is 5.92 Å². The van der Waals surface area contributed by atoms with Gasteiger partial charge in [-0.2, -0.15) is 5.10 Å². The van der Waals surface area contributed by atoms with E-state index >= 15 is 0 Å². The van der Waals surface area contributed by atoms with Crippen LogP contribution >= 0.6 is 0 Å². The monoisotopic (exact) mass is 557 g/mol. The van der Waals surface area contributed by atoms with Crippen molar-refractivity contribution in [1.29, 1.82) is 0 Å². The summed E-state index contributed by atoms with van der Waals surface area (Å²) in [6.07, 6.45) is 1.70. The Balaban J connectivity index is 1.37. The Morgan fingerprint density at radius 1 is 1.02 bits per heavy atom. The summed E-state index contributed by atoms with van der Waals surface area (Å²) in [5.74, 6) is -0.0970. The second kappa shape index (κ2) is 11.9. The first-order valence-corrected chi connectivity index (χ1v) is 14.4. The minimum atomic E-state index is -0.707. The van der Waals surface area contributed by atoms with Crippen molar-refractivity contribution in [3.63, 3.8) is 0 Å². The first kappa shape index (κ1) is 28.5. The van der Waals surface area contributed by atoms with Gasteiger partial charge < -0.3 is 15.4 Å². The number of anilines is 2. The summed E-state index contributed by atoms with van der Waals surface area (Å²) in [5.41, 5.74) is 4.03. The van der Waals surface area contributed by atoms with E-state index < -0.39 is 18.1 Å². The number of hydrogen-bond acceptors (Lipinski definition) is 6. The zero-order valence-corrected chi connectivity index (χ0v) is 24.2. The van der Waals surface area contributed by atoms with Crippen molar-refractivity contribution in [1.82, 2.24) is 15.1 Å². The van der Waals surface area contributed by atoms with Crippen LogP contribution in [0.4, 0.5) is 16.3 Å². The molecule has 0 spiro atoms. The van der Waals surface area contributed by atoms with Crippen molar-refractivity contribution in [3.8, 4) is 5.69 Å². The first-order valence-electron chi connectivity index (χ1n) is 14.4. The summed E-state index contributed by atoms with van der Waals surface area (Å²) in [5, 5.41) is 14.1. The minimum absolute atomic E-state index is 0.0546. The maximum atomic E-state index is 13.6. The number of cyclic esters (lactones) is 1. The highest BCUT2D eigenvalue weighted by molar-refractivity contribution is 6.00. The number of rotatable bonds is 7. The fourth-order valence-electron chi connectivity index (χ4n) is 5.58. The van der Waals surface area contributed by atoms with Crippen LogP contribution in [0.2, 0.25) is 0 Å². The van der Waals surface area contributed by atoms with Crippen molar-refractivity contribution in [3.05, 3.63) is 71.4 Å². The Labute approximate surface area is 241 Å². The van der Waals surface area contributed by atoms with Crippen LogP contribution in [0.5, 0.6) is 0 Å². The number of esters is 1. The van der Waals surface area contributed by atoms with E-state index in [9.17, 15) is 14.4 Å². The lowest BCUT2D eigenvalue weighted by Gasteiger charge is -2.31. The number of nitrogens with one attached hydrogen (secondary N) is 3. The van der Waals surface area contributed by atoms with Crippen molar-refractivity contribution < 1.29 is 19.1 Å². The summed E-state index contributed by atoms with van der Waals surface area (Å²) in [4.78, 5) is 38.6. The molecule has 0 saturated carbocycles. The molecular formula is C32H39N5O4. The molecule has 2 aliphatic rings. The molecule has 2 amide bonds. The quantitative estimate of drug-likeness (QED) is 0.332. The van der Waals surface area contributed by atoms with Crippen LogP contribution in [-0.4, -0.2) is 46.8 Å². The van der Waals surface area contributed by atoms with Crippen molar-refractivity contribution in [2.75, 3.05) is 23.7 Å². The van der Waals surface area contributed by atoms with E-state index in [4.69, 9.17) is 9.84 Å². The number of nitrogens with zero attached hydrogens (tertiary/aromatic N) is 2. The van der Waals surface area contributed by atoms with Crippen molar-refractivity contribution in [2.45, 2.75) is 70.8 Å². The van der Waals surface area contributed by atoms with Crippen LogP contribution in [0.3, 0.4) is 0 Å². The van der Waals surface area contributed by atoms with Crippen molar-refractivity contribution >= 4 is 29.3 Å². The first-order chi connectivity index (χ1) is 19.6. The summed E-state index contributed by atoms with van der Waals surface area (Å²) >= 11 is 0. The lowest BCUT2D eigenvalue weighted by atomic mass is 9.76. The number of amides is 2. The van der Waals surface area contributed by atoms with E-state index in [2.05, 4.69) is 36.7 Å². The number of ketones is 1. The lowest BCUT2D eigenvalue weighted by Crippen LogP contribution is -2.37. The topological polar surface area (TPSA) is 114 Å². The molecule has 2 aliphatic heterocycles. The van der Waals surface area contributed by atoms with Gasteiger partial charge in [-0.05, 0) is 68.6 Å². The highest BCUT2D eigenvalue weighted by Gasteiger charge is 2.39. The molecule has 2 atom stereocenters. The maximum Gasteiger partial charge on any atom is 0.324 e. The second-order valence-electron chi connectivity index (χ2n) is 12.1. The van der Waals surface area contributed by atoms with Gasteiger partial charge in [0.25, 0.3) is 0 Å². The Morgan fingerprint density at radius 3 is 2.41 bits per heavy atom. The number of Topliss-reactive ketones (excluding diaryl/α,β-unsaturated/α-hetero) is 1. The number of aryl methyl sites for hydroxylation is 1. The molecule has 3 heterocycles. The Hall–Kier alpha value is -3.98. The number of ether oxygens (including phenoxy) is 1. The molecule has 3 N–H and O–H groups in total. The van der Waals surface area contributed by atoms with Crippen LogP contribution in [0.15, 0.2) is 54.6 Å². The van der Waals surface area contributed by atoms with Crippen LogP contribution in [0, 0.1) is 12.8 Å². The number of carbonyl (C=O) groups excluding carboxylic acids is 3. The zero-order chi connectivity index (χ0) is 29.1. The van der Waals surface area contributed by atoms with E-state index in [-0.39, 0.29) is 29.5 Å². The number of piperidine rings is 1. The summed E-state index contributed by atoms with van der Waals surface area (Å²) in [6, 6.07) is 16.9. The Morgan fingerprint density at radius 2 is 1.76 bits per heavy atom. The summed E-state index contributed by atoms with van der Waals surface area (Å²) in [7, 11) is 0. The fourth-order valence-corrected chi connectivity index (χ4v) is 5.58. The minimum Gasteiger partial charge on any atom is -0.454 e. The molecule has 9 heteroatoms. The molecule has 0 bridgehead atoms. The average Bonchev–Trinajstić information content (AvgIpc) is 3.57. The third-order valence-corrected chi connectivity index (χ3v) is 7.86. The van der Waals surface area contributed by atoms with E-state index in [0.29, 0.717) is 17.9 Å². The highest BCUT2D eigenvalue weighted by atomic mass is 16.6. The molecule has 216 valence electrons. The van der Waals surface area contributed by atoms with E-state index in [1.165, 1.54) is 0 Å². The molecular weight excluding hydrogens is 518 g/mol. The van der Waals surface area contributed by atoms with Gasteiger partial charge in [0.2, 0.25) is 0 Å². The molecule has 3 aromatic rings. The van der Waals surface area contributed by atoms with Gasteiger partial charge in [-0.15, -0.1) is 0 Å². The lowest BCUT2D eigenvalue weighted by molar-refractivity contribution is -0.148. The largest absolute Gasteiger partial charge is 0.454 e.